The van der Waals surface area contributed by atoms with E-state index < -0.39 is 0 Å². The van der Waals surface area contributed by atoms with Crippen molar-refractivity contribution in [2.45, 2.75) is 33.2 Å². The molecule has 0 atom stereocenters. The minimum atomic E-state index is -0.319. The average Bonchev–Trinajstić information content (AvgIpc) is 2.83. The van der Waals surface area contributed by atoms with Crippen LogP contribution in [0.4, 0.5) is 11.5 Å². The summed E-state index contributed by atoms with van der Waals surface area (Å²) in [7, 11) is 0. The maximum absolute atomic E-state index is 12.1. The smallest absolute Gasteiger partial charge is 0.258 e. The van der Waals surface area contributed by atoms with Crippen molar-refractivity contribution >= 4 is 28.3 Å². The zero-order valence-corrected chi connectivity index (χ0v) is 20.3. The van der Waals surface area contributed by atoms with Gasteiger partial charge < -0.3 is 20.1 Å². The Morgan fingerprint density at radius 1 is 0.971 bits per heavy atom. The van der Waals surface area contributed by atoms with Gasteiger partial charge in [0.05, 0.1) is 24.0 Å². The van der Waals surface area contributed by atoms with Gasteiger partial charge in [0.2, 0.25) is 0 Å². The average molecular weight is 472 g/mol. The molecule has 35 heavy (non-hydrogen) atoms. The van der Waals surface area contributed by atoms with Gasteiger partial charge in [-0.1, -0.05) is 12.1 Å². The topological polar surface area (TPSA) is 98.3 Å². The van der Waals surface area contributed by atoms with Crippen LogP contribution in [0.1, 0.15) is 27.7 Å². The number of ether oxygens (including phenoxy) is 2. The molecule has 2 N–H and O–H groups in total. The van der Waals surface area contributed by atoms with E-state index in [1.807, 2.05) is 76.2 Å². The first-order valence-corrected chi connectivity index (χ1v) is 11.5. The summed E-state index contributed by atoms with van der Waals surface area (Å²) < 4.78 is 11.4. The molecule has 0 radical (unpaired) electrons. The molecule has 4 rings (SSSR count). The third kappa shape index (κ3) is 6.44. The van der Waals surface area contributed by atoms with Crippen molar-refractivity contribution in [2.24, 2.45) is 0 Å². The third-order valence-electron chi connectivity index (χ3n) is 4.88. The Hall–Kier alpha value is -4.20. The van der Waals surface area contributed by atoms with Crippen molar-refractivity contribution in [1.82, 2.24) is 20.3 Å². The van der Waals surface area contributed by atoms with E-state index in [9.17, 15) is 4.79 Å². The summed E-state index contributed by atoms with van der Waals surface area (Å²) in [5, 5.41) is 7.07. The largest absolute Gasteiger partial charge is 0.494 e. The number of carbonyl (C=O) groups is 1. The maximum Gasteiger partial charge on any atom is 0.258 e. The maximum atomic E-state index is 12.1. The van der Waals surface area contributed by atoms with Crippen molar-refractivity contribution in [3.05, 3.63) is 67.0 Å². The lowest BCUT2D eigenvalue weighted by atomic mass is 10.1. The predicted molar refractivity (Wildman–Crippen MR) is 137 cm³/mol. The summed E-state index contributed by atoms with van der Waals surface area (Å²) in [6.45, 7) is 8.22. The monoisotopic (exact) mass is 471 g/mol. The fourth-order valence-electron chi connectivity index (χ4n) is 3.49. The molecule has 0 aliphatic heterocycles. The van der Waals surface area contributed by atoms with Crippen molar-refractivity contribution in [2.75, 3.05) is 18.5 Å². The van der Waals surface area contributed by atoms with Gasteiger partial charge in [-0.3, -0.25) is 9.78 Å². The number of pyridine rings is 1. The standard InChI is InChI=1S/C27H29N5O3/c1-5-34-21-11-12-23-22(15-21)26(29-19-9-7-13-28-16-19)31-25(30-23)18-8-6-10-20(14-18)35-17-24(33)32-27(2,3)4/h6-16H,5,17H2,1-4H3,(H,32,33)(H,29,30,31). The Morgan fingerprint density at radius 3 is 2.54 bits per heavy atom. The second kappa shape index (κ2) is 10.4. The molecular weight excluding hydrogens is 442 g/mol. The molecule has 0 aliphatic rings. The molecule has 0 bridgehead atoms. The molecule has 0 unspecified atom stereocenters. The molecule has 4 aromatic rings. The van der Waals surface area contributed by atoms with Gasteiger partial charge in [0.15, 0.2) is 12.4 Å². The van der Waals surface area contributed by atoms with E-state index in [4.69, 9.17) is 19.4 Å². The lowest BCUT2D eigenvalue weighted by Gasteiger charge is -2.20. The molecule has 8 heteroatoms. The normalized spacial score (nSPS) is 11.2. The highest BCUT2D eigenvalue weighted by molar-refractivity contribution is 5.93. The number of hydrogen-bond donors (Lipinski definition) is 2. The van der Waals surface area contributed by atoms with Crippen LogP contribution in [0, 0.1) is 0 Å². The van der Waals surface area contributed by atoms with E-state index in [0.29, 0.717) is 24.0 Å². The summed E-state index contributed by atoms with van der Waals surface area (Å²) in [6, 6.07) is 16.9. The molecule has 0 fully saturated rings. The summed E-state index contributed by atoms with van der Waals surface area (Å²) in [6.07, 6.45) is 3.45. The molecule has 0 spiro atoms. The van der Waals surface area contributed by atoms with Gasteiger partial charge in [-0.2, -0.15) is 0 Å². The van der Waals surface area contributed by atoms with Crippen molar-refractivity contribution in [3.63, 3.8) is 0 Å². The van der Waals surface area contributed by atoms with Crippen LogP contribution in [-0.2, 0) is 4.79 Å². The molecule has 0 saturated carbocycles. The van der Waals surface area contributed by atoms with Crippen LogP contribution < -0.4 is 20.1 Å². The van der Waals surface area contributed by atoms with Crippen LogP contribution in [0.5, 0.6) is 11.5 Å². The molecule has 2 heterocycles. The fraction of sp³-hybridized carbons (Fsp3) is 0.259. The fourth-order valence-corrected chi connectivity index (χ4v) is 3.49. The Kier molecular flexibility index (Phi) is 7.10. The Morgan fingerprint density at radius 2 is 1.80 bits per heavy atom. The molecule has 1 amide bonds. The van der Waals surface area contributed by atoms with E-state index in [1.54, 1.807) is 18.5 Å². The Balaban J connectivity index is 1.66. The molecule has 8 nitrogen and oxygen atoms in total. The number of benzene rings is 2. The van der Waals surface area contributed by atoms with E-state index in [1.165, 1.54) is 0 Å². The van der Waals surface area contributed by atoms with E-state index in [2.05, 4.69) is 15.6 Å². The number of rotatable bonds is 8. The van der Waals surface area contributed by atoms with E-state index in [-0.39, 0.29) is 18.1 Å². The van der Waals surface area contributed by atoms with Crippen LogP contribution in [0.25, 0.3) is 22.3 Å². The highest BCUT2D eigenvalue weighted by atomic mass is 16.5. The predicted octanol–water partition coefficient (Wildman–Crippen LogP) is 5.13. The SMILES string of the molecule is CCOc1ccc2nc(-c3cccc(OCC(=O)NC(C)(C)C)c3)nc(Nc3cccnc3)c2c1. The minimum absolute atomic E-state index is 0.0761. The number of anilines is 2. The molecule has 2 aromatic heterocycles. The molecule has 180 valence electrons. The second-order valence-corrected chi connectivity index (χ2v) is 8.99. The second-order valence-electron chi connectivity index (χ2n) is 8.99. The number of hydrogen-bond acceptors (Lipinski definition) is 7. The first-order chi connectivity index (χ1) is 16.8. The zero-order chi connectivity index (χ0) is 24.8. The lowest BCUT2D eigenvalue weighted by Crippen LogP contribution is -2.43. The van der Waals surface area contributed by atoms with Crippen LogP contribution in [0.3, 0.4) is 0 Å². The van der Waals surface area contributed by atoms with Gasteiger partial charge >= 0.3 is 0 Å². The highest BCUT2D eigenvalue weighted by Crippen LogP contribution is 2.31. The van der Waals surface area contributed by atoms with E-state index in [0.717, 1.165) is 27.9 Å². The van der Waals surface area contributed by atoms with Crippen LogP contribution in [-0.4, -0.2) is 39.6 Å². The summed E-state index contributed by atoms with van der Waals surface area (Å²) in [5.74, 6) is 2.28. The number of carbonyl (C=O) groups excluding carboxylic acids is 1. The zero-order valence-electron chi connectivity index (χ0n) is 20.3. The van der Waals surface area contributed by atoms with Crippen molar-refractivity contribution < 1.29 is 14.3 Å². The molecule has 0 aliphatic carbocycles. The van der Waals surface area contributed by atoms with Gasteiger partial charge in [-0.15, -0.1) is 0 Å². The van der Waals surface area contributed by atoms with Gasteiger partial charge in [-0.05, 0) is 70.2 Å². The van der Waals surface area contributed by atoms with Crippen molar-refractivity contribution in [3.8, 4) is 22.9 Å². The summed E-state index contributed by atoms with van der Waals surface area (Å²) in [4.78, 5) is 25.9. The molecule has 2 aromatic carbocycles. The third-order valence-corrected chi connectivity index (χ3v) is 4.88. The number of amides is 1. The van der Waals surface area contributed by atoms with Crippen molar-refractivity contribution in [1.29, 1.82) is 0 Å². The van der Waals surface area contributed by atoms with Crippen LogP contribution in [0.15, 0.2) is 67.0 Å². The number of fused-ring (bicyclic) bond motifs is 1. The van der Waals surface area contributed by atoms with Crippen LogP contribution >= 0.6 is 0 Å². The Bertz CT molecular complexity index is 1320. The highest BCUT2D eigenvalue weighted by Gasteiger charge is 2.15. The summed E-state index contributed by atoms with van der Waals surface area (Å²) in [5.41, 5.74) is 2.02. The van der Waals surface area contributed by atoms with Crippen LogP contribution in [0.2, 0.25) is 0 Å². The quantitative estimate of drug-likeness (QED) is 0.368. The lowest BCUT2D eigenvalue weighted by molar-refractivity contribution is -0.124. The molecule has 0 saturated heterocycles. The first kappa shape index (κ1) is 23.9. The number of aromatic nitrogens is 3. The van der Waals surface area contributed by atoms with Gasteiger partial charge in [0.25, 0.3) is 5.91 Å². The van der Waals surface area contributed by atoms with Gasteiger partial charge in [0.1, 0.15) is 17.3 Å². The summed E-state index contributed by atoms with van der Waals surface area (Å²) >= 11 is 0. The molecular formula is C27H29N5O3. The van der Waals surface area contributed by atoms with Gasteiger partial charge in [0, 0.05) is 22.7 Å². The minimum Gasteiger partial charge on any atom is -0.494 e. The number of nitrogens with one attached hydrogen (secondary N) is 2. The van der Waals surface area contributed by atoms with Gasteiger partial charge in [-0.25, -0.2) is 9.97 Å². The Labute approximate surface area is 204 Å². The van der Waals surface area contributed by atoms with E-state index >= 15 is 0 Å². The first-order valence-electron chi connectivity index (χ1n) is 11.5. The number of nitrogens with zero attached hydrogens (tertiary/aromatic N) is 3.